The maximum Gasteiger partial charge on any atom is 0.277 e. The fraction of sp³-hybridized carbons (Fsp3) is 0.455. The Morgan fingerprint density at radius 2 is 2.10 bits per heavy atom. The van der Waals surface area contributed by atoms with Gasteiger partial charge >= 0.3 is 0 Å². The predicted molar refractivity (Wildman–Crippen MR) is 111 cm³/mol. The molecule has 1 aromatic carbocycles. The highest BCUT2D eigenvalue weighted by atomic mass is 16.5. The zero-order valence-electron chi connectivity index (χ0n) is 17.0. The highest BCUT2D eigenvalue weighted by Crippen LogP contribution is 2.27. The minimum absolute atomic E-state index is 0.0614. The monoisotopic (exact) mass is 407 g/mol. The van der Waals surface area contributed by atoms with Crippen molar-refractivity contribution < 1.29 is 9.53 Å². The van der Waals surface area contributed by atoms with Crippen LogP contribution < -0.4 is 15.6 Å². The summed E-state index contributed by atoms with van der Waals surface area (Å²) in [7, 11) is 0. The number of H-pyrrole nitrogens is 1. The largest absolute Gasteiger partial charge is 0.493 e. The first-order valence-electron chi connectivity index (χ1n) is 10.6. The van der Waals surface area contributed by atoms with Crippen LogP contribution >= 0.6 is 0 Å². The Labute approximate surface area is 173 Å². The zero-order valence-corrected chi connectivity index (χ0v) is 17.0. The number of amides is 1. The van der Waals surface area contributed by atoms with Gasteiger partial charge in [0.1, 0.15) is 11.6 Å². The summed E-state index contributed by atoms with van der Waals surface area (Å²) in [6.07, 6.45) is 5.68. The van der Waals surface area contributed by atoms with Gasteiger partial charge in [0.2, 0.25) is 5.91 Å². The molecule has 0 radical (unpaired) electrons. The SMILES string of the molecule is C[C@H](NC(=O)Cc1nc2nc3c(c(=O)n2[nH]1)CCCC3)c1ccc2c(c1)CCCO2. The Bertz CT molecular complexity index is 1180. The second-order valence-corrected chi connectivity index (χ2v) is 8.14. The van der Waals surface area contributed by atoms with Crippen LogP contribution in [0.2, 0.25) is 0 Å². The number of aryl methyl sites for hydroxylation is 2. The van der Waals surface area contributed by atoms with E-state index in [0.717, 1.165) is 67.7 Å². The summed E-state index contributed by atoms with van der Waals surface area (Å²) < 4.78 is 7.02. The van der Waals surface area contributed by atoms with Crippen molar-refractivity contribution in [1.82, 2.24) is 24.9 Å². The van der Waals surface area contributed by atoms with Crippen LogP contribution in [0.4, 0.5) is 0 Å². The Morgan fingerprint density at radius 3 is 3.00 bits per heavy atom. The van der Waals surface area contributed by atoms with E-state index in [1.165, 1.54) is 10.1 Å². The third-order valence-corrected chi connectivity index (χ3v) is 5.95. The number of nitrogens with one attached hydrogen (secondary N) is 2. The summed E-state index contributed by atoms with van der Waals surface area (Å²) >= 11 is 0. The molecule has 30 heavy (non-hydrogen) atoms. The van der Waals surface area contributed by atoms with Crippen molar-refractivity contribution in [3.05, 3.63) is 56.8 Å². The first-order valence-corrected chi connectivity index (χ1v) is 10.6. The molecule has 0 saturated carbocycles. The van der Waals surface area contributed by atoms with Crippen LogP contribution in [-0.2, 0) is 30.5 Å². The number of fused-ring (bicyclic) bond motifs is 3. The molecule has 3 aromatic rings. The summed E-state index contributed by atoms with van der Waals surface area (Å²) in [5, 5.41) is 5.97. The molecule has 1 atom stereocenters. The molecule has 1 aliphatic heterocycles. The van der Waals surface area contributed by atoms with Crippen LogP contribution in [0, 0.1) is 0 Å². The minimum Gasteiger partial charge on any atom is -0.493 e. The molecule has 0 fully saturated rings. The second-order valence-electron chi connectivity index (χ2n) is 8.14. The number of carbonyl (C=O) groups excluding carboxylic acids is 1. The molecule has 1 aliphatic carbocycles. The lowest BCUT2D eigenvalue weighted by Crippen LogP contribution is -2.29. The maximum absolute atomic E-state index is 12.7. The number of aromatic nitrogens is 4. The van der Waals surface area contributed by atoms with Crippen LogP contribution in [0.15, 0.2) is 23.0 Å². The molecule has 5 rings (SSSR count). The predicted octanol–water partition coefficient (Wildman–Crippen LogP) is 2.04. The molecular formula is C22H25N5O3. The van der Waals surface area contributed by atoms with Crippen LogP contribution in [0.3, 0.4) is 0 Å². The van der Waals surface area contributed by atoms with E-state index in [1.807, 2.05) is 19.1 Å². The molecule has 2 N–H and O–H groups in total. The van der Waals surface area contributed by atoms with Crippen molar-refractivity contribution in [2.24, 2.45) is 0 Å². The molecule has 8 nitrogen and oxygen atoms in total. The molecule has 2 aliphatic rings. The number of nitrogens with zero attached hydrogens (tertiary/aromatic N) is 3. The molecule has 1 amide bonds. The van der Waals surface area contributed by atoms with Crippen LogP contribution in [0.25, 0.3) is 5.78 Å². The minimum atomic E-state index is -0.159. The fourth-order valence-electron chi connectivity index (χ4n) is 4.35. The van der Waals surface area contributed by atoms with Gasteiger partial charge in [0, 0.05) is 5.56 Å². The lowest BCUT2D eigenvalue weighted by molar-refractivity contribution is -0.121. The molecular weight excluding hydrogens is 382 g/mol. The summed E-state index contributed by atoms with van der Waals surface area (Å²) in [6.45, 7) is 2.72. The van der Waals surface area contributed by atoms with E-state index in [0.29, 0.717) is 11.6 Å². The number of rotatable bonds is 4. The van der Waals surface area contributed by atoms with Gasteiger partial charge in [0.05, 0.1) is 24.8 Å². The fourth-order valence-corrected chi connectivity index (χ4v) is 4.35. The van der Waals surface area contributed by atoms with Gasteiger partial charge in [0.15, 0.2) is 0 Å². The van der Waals surface area contributed by atoms with Gasteiger partial charge in [-0.25, -0.2) is 4.98 Å². The highest BCUT2D eigenvalue weighted by Gasteiger charge is 2.20. The maximum atomic E-state index is 12.7. The van der Waals surface area contributed by atoms with Gasteiger partial charge in [0.25, 0.3) is 11.3 Å². The Balaban J connectivity index is 1.31. The standard InChI is InChI=1S/C22H25N5O3/c1-13(14-8-9-18-15(11-14)5-4-10-30-18)23-20(28)12-19-25-22-24-17-7-3-2-6-16(17)21(29)27(22)26-19/h8-9,11,13H,2-7,10,12H2,1H3,(H,23,28)(H,24,25,26)/t13-/m0/s1. The average Bonchev–Trinajstić information content (AvgIpc) is 3.16. The van der Waals surface area contributed by atoms with Gasteiger partial charge < -0.3 is 10.1 Å². The molecule has 3 heterocycles. The molecule has 2 aromatic heterocycles. The van der Waals surface area contributed by atoms with Crippen molar-refractivity contribution in [2.75, 3.05) is 6.61 Å². The Morgan fingerprint density at radius 1 is 1.23 bits per heavy atom. The van der Waals surface area contributed by atoms with Crippen molar-refractivity contribution in [1.29, 1.82) is 0 Å². The van der Waals surface area contributed by atoms with Gasteiger partial charge in [-0.1, -0.05) is 12.1 Å². The molecule has 0 unspecified atom stereocenters. The summed E-state index contributed by atoms with van der Waals surface area (Å²) in [5.74, 6) is 1.55. The van der Waals surface area contributed by atoms with Crippen LogP contribution in [-0.4, -0.2) is 32.1 Å². The number of ether oxygens (including phenoxy) is 1. The summed E-state index contributed by atoms with van der Waals surface area (Å²) in [4.78, 5) is 34.2. The third-order valence-electron chi connectivity index (χ3n) is 5.95. The normalized spacial score (nSPS) is 16.4. The number of benzene rings is 1. The van der Waals surface area contributed by atoms with E-state index in [4.69, 9.17) is 4.74 Å². The summed E-state index contributed by atoms with van der Waals surface area (Å²) in [6, 6.07) is 5.94. The smallest absolute Gasteiger partial charge is 0.277 e. The average molecular weight is 407 g/mol. The molecule has 156 valence electrons. The number of aromatic amines is 1. The van der Waals surface area contributed by atoms with E-state index < -0.39 is 0 Å². The van der Waals surface area contributed by atoms with E-state index in [2.05, 4.69) is 26.4 Å². The molecule has 8 heteroatoms. The van der Waals surface area contributed by atoms with Crippen LogP contribution in [0.5, 0.6) is 5.75 Å². The molecule has 0 bridgehead atoms. The van der Waals surface area contributed by atoms with Gasteiger partial charge in [-0.15, -0.1) is 0 Å². The quantitative estimate of drug-likeness (QED) is 0.689. The van der Waals surface area contributed by atoms with Crippen molar-refractivity contribution in [2.45, 2.75) is 57.9 Å². The molecule has 0 spiro atoms. The topological polar surface area (TPSA) is 101 Å². The second kappa shape index (κ2) is 7.59. The number of carbonyl (C=O) groups is 1. The van der Waals surface area contributed by atoms with Gasteiger partial charge in [-0.2, -0.15) is 9.50 Å². The van der Waals surface area contributed by atoms with E-state index in [-0.39, 0.29) is 23.9 Å². The summed E-state index contributed by atoms with van der Waals surface area (Å²) in [5.41, 5.74) is 3.75. The third kappa shape index (κ3) is 3.46. The van der Waals surface area contributed by atoms with E-state index in [9.17, 15) is 9.59 Å². The Kier molecular flexibility index (Phi) is 4.77. The first-order chi connectivity index (χ1) is 14.6. The highest BCUT2D eigenvalue weighted by molar-refractivity contribution is 5.78. The Hall–Kier alpha value is -3.16. The number of hydrogen-bond acceptors (Lipinski definition) is 5. The zero-order chi connectivity index (χ0) is 20.7. The van der Waals surface area contributed by atoms with Crippen molar-refractivity contribution in [3.63, 3.8) is 0 Å². The van der Waals surface area contributed by atoms with Gasteiger partial charge in [-0.05, 0) is 62.6 Å². The van der Waals surface area contributed by atoms with Gasteiger partial charge in [-0.3, -0.25) is 14.7 Å². The lowest BCUT2D eigenvalue weighted by atomic mass is 9.97. The number of hydrogen-bond donors (Lipinski definition) is 2. The van der Waals surface area contributed by atoms with Crippen molar-refractivity contribution in [3.8, 4) is 5.75 Å². The van der Waals surface area contributed by atoms with E-state index in [1.54, 1.807) is 0 Å². The van der Waals surface area contributed by atoms with Crippen molar-refractivity contribution >= 4 is 11.7 Å². The lowest BCUT2D eigenvalue weighted by Gasteiger charge is -2.20. The first kappa shape index (κ1) is 18.8. The molecule has 0 saturated heterocycles. The van der Waals surface area contributed by atoms with E-state index >= 15 is 0 Å². The van der Waals surface area contributed by atoms with Crippen LogP contribution in [0.1, 0.15) is 60.4 Å².